The third kappa shape index (κ3) is 4.62. The van der Waals surface area contributed by atoms with E-state index in [4.69, 9.17) is 5.73 Å². The second-order valence-corrected chi connectivity index (χ2v) is 7.05. The molecule has 30 heavy (non-hydrogen) atoms. The van der Waals surface area contributed by atoms with Crippen LogP contribution in [-0.4, -0.2) is 32.3 Å². The molecule has 156 valence electrons. The predicted molar refractivity (Wildman–Crippen MR) is 110 cm³/mol. The SMILES string of the molecule is CC(C)=CCn1c(-c2ccc(F)cc2)cn2cc(C(=O)NCCC(N)=O)nc2c1=O. The second kappa shape index (κ2) is 8.73. The van der Waals surface area contributed by atoms with Crippen molar-refractivity contribution in [3.8, 4) is 11.3 Å². The number of carbonyl (C=O) groups excluding carboxylic acids is 2. The lowest BCUT2D eigenvalue weighted by Gasteiger charge is -2.12. The van der Waals surface area contributed by atoms with E-state index in [0.29, 0.717) is 17.8 Å². The number of nitrogens with zero attached hydrogens (tertiary/aromatic N) is 3. The third-order valence-electron chi connectivity index (χ3n) is 4.43. The van der Waals surface area contributed by atoms with E-state index < -0.39 is 11.8 Å². The highest BCUT2D eigenvalue weighted by atomic mass is 19.1. The number of carbonyl (C=O) groups is 2. The highest BCUT2D eigenvalue weighted by molar-refractivity contribution is 5.93. The zero-order valence-corrected chi connectivity index (χ0v) is 16.7. The number of amides is 2. The molecular formula is C21H22FN5O3. The maximum atomic E-state index is 13.4. The Morgan fingerprint density at radius 3 is 2.53 bits per heavy atom. The van der Waals surface area contributed by atoms with E-state index in [2.05, 4.69) is 10.3 Å². The molecule has 0 aliphatic rings. The van der Waals surface area contributed by atoms with Gasteiger partial charge in [-0.2, -0.15) is 0 Å². The maximum absolute atomic E-state index is 13.4. The normalized spacial score (nSPS) is 10.8. The number of fused-ring (bicyclic) bond motifs is 1. The molecule has 2 amide bonds. The first-order valence-corrected chi connectivity index (χ1v) is 9.34. The van der Waals surface area contributed by atoms with Gasteiger partial charge in [-0.1, -0.05) is 11.6 Å². The van der Waals surface area contributed by atoms with E-state index >= 15 is 0 Å². The number of rotatable bonds is 7. The van der Waals surface area contributed by atoms with Gasteiger partial charge in [0.1, 0.15) is 11.5 Å². The molecular weight excluding hydrogens is 389 g/mol. The van der Waals surface area contributed by atoms with Crippen molar-refractivity contribution in [3.63, 3.8) is 0 Å². The minimum Gasteiger partial charge on any atom is -0.370 e. The number of benzene rings is 1. The zero-order valence-electron chi connectivity index (χ0n) is 16.7. The molecule has 0 radical (unpaired) electrons. The van der Waals surface area contributed by atoms with Crippen LogP contribution in [0.3, 0.4) is 0 Å². The molecule has 0 aliphatic carbocycles. The molecule has 1 aromatic carbocycles. The highest BCUT2D eigenvalue weighted by Crippen LogP contribution is 2.20. The molecule has 3 N–H and O–H groups in total. The minimum absolute atomic E-state index is 0.00331. The molecule has 0 atom stereocenters. The van der Waals surface area contributed by atoms with E-state index in [1.807, 2.05) is 19.9 Å². The Balaban J connectivity index is 2.08. The molecule has 0 saturated carbocycles. The topological polar surface area (TPSA) is 111 Å². The summed E-state index contributed by atoms with van der Waals surface area (Å²) in [7, 11) is 0. The van der Waals surface area contributed by atoms with Crippen LogP contribution in [0.25, 0.3) is 16.9 Å². The summed E-state index contributed by atoms with van der Waals surface area (Å²) in [6, 6.07) is 5.81. The monoisotopic (exact) mass is 411 g/mol. The molecule has 9 heteroatoms. The summed E-state index contributed by atoms with van der Waals surface area (Å²) < 4.78 is 16.4. The average Bonchev–Trinajstić information content (AvgIpc) is 3.12. The van der Waals surface area contributed by atoms with Gasteiger partial charge in [-0.3, -0.25) is 23.4 Å². The molecule has 0 spiro atoms. The fourth-order valence-corrected chi connectivity index (χ4v) is 2.89. The van der Waals surface area contributed by atoms with Crippen molar-refractivity contribution in [2.45, 2.75) is 26.8 Å². The van der Waals surface area contributed by atoms with E-state index in [1.54, 1.807) is 18.3 Å². The van der Waals surface area contributed by atoms with Gasteiger partial charge in [0.25, 0.3) is 11.5 Å². The number of halogens is 1. The van der Waals surface area contributed by atoms with Gasteiger partial charge in [0.05, 0.1) is 5.69 Å². The molecule has 8 nitrogen and oxygen atoms in total. The summed E-state index contributed by atoms with van der Waals surface area (Å²) in [5, 5.41) is 2.54. The quantitative estimate of drug-likeness (QED) is 0.578. The van der Waals surface area contributed by atoms with Crippen molar-refractivity contribution in [2.75, 3.05) is 6.54 Å². The van der Waals surface area contributed by atoms with Crippen LogP contribution >= 0.6 is 0 Å². The van der Waals surface area contributed by atoms with Crippen LogP contribution in [0, 0.1) is 5.82 Å². The fourth-order valence-electron chi connectivity index (χ4n) is 2.89. The van der Waals surface area contributed by atoms with Crippen LogP contribution in [0.5, 0.6) is 0 Å². The Morgan fingerprint density at radius 2 is 1.90 bits per heavy atom. The first-order valence-electron chi connectivity index (χ1n) is 9.34. The van der Waals surface area contributed by atoms with Gasteiger partial charge in [0.2, 0.25) is 11.6 Å². The molecule has 3 rings (SSSR count). The van der Waals surface area contributed by atoms with Crippen LogP contribution in [0.2, 0.25) is 0 Å². The Morgan fingerprint density at radius 1 is 1.20 bits per heavy atom. The van der Waals surface area contributed by atoms with Gasteiger partial charge in [-0.25, -0.2) is 9.37 Å². The van der Waals surface area contributed by atoms with Crippen LogP contribution in [0.4, 0.5) is 4.39 Å². The number of aromatic nitrogens is 3. The first kappa shape index (κ1) is 21.0. The molecule has 0 unspecified atom stereocenters. The number of imidazole rings is 1. The standard InChI is InChI=1S/C21H22FN5O3/c1-13(2)8-10-27-17(14-3-5-15(22)6-4-14)12-26-11-16(25-19(26)21(27)30)20(29)24-9-7-18(23)28/h3-6,8,11-12H,7,9-10H2,1-2H3,(H2,23,28)(H,24,29). The Bertz CT molecular complexity index is 1190. The van der Waals surface area contributed by atoms with Crippen molar-refractivity contribution in [3.05, 3.63) is 70.2 Å². The summed E-state index contributed by atoms with van der Waals surface area (Å²) in [5.74, 6) is -1.43. The molecule has 0 bridgehead atoms. The lowest BCUT2D eigenvalue weighted by atomic mass is 10.1. The van der Waals surface area contributed by atoms with Gasteiger partial charge in [-0.15, -0.1) is 0 Å². The van der Waals surface area contributed by atoms with Gasteiger partial charge < -0.3 is 11.1 Å². The largest absolute Gasteiger partial charge is 0.370 e. The van der Waals surface area contributed by atoms with Crippen molar-refractivity contribution in [2.24, 2.45) is 5.73 Å². The Labute approximate surface area is 171 Å². The number of primary amides is 1. The van der Waals surface area contributed by atoms with Crippen molar-refractivity contribution in [1.82, 2.24) is 19.3 Å². The van der Waals surface area contributed by atoms with E-state index in [9.17, 15) is 18.8 Å². The van der Waals surface area contributed by atoms with E-state index in [0.717, 1.165) is 5.57 Å². The van der Waals surface area contributed by atoms with Gasteiger partial charge in [0, 0.05) is 31.9 Å². The van der Waals surface area contributed by atoms with Crippen LogP contribution in [-0.2, 0) is 11.3 Å². The first-order chi connectivity index (χ1) is 14.3. The van der Waals surface area contributed by atoms with Crippen molar-refractivity contribution < 1.29 is 14.0 Å². The van der Waals surface area contributed by atoms with E-state index in [1.165, 1.54) is 27.3 Å². The number of hydrogen-bond donors (Lipinski definition) is 2. The van der Waals surface area contributed by atoms with Crippen LogP contribution < -0.4 is 16.6 Å². The molecule has 0 aliphatic heterocycles. The fraction of sp³-hybridized carbons (Fsp3) is 0.238. The molecule has 2 aromatic heterocycles. The zero-order chi connectivity index (χ0) is 21.8. The lowest BCUT2D eigenvalue weighted by Crippen LogP contribution is -2.28. The number of nitrogens with two attached hydrogens (primary N) is 1. The predicted octanol–water partition coefficient (Wildman–Crippen LogP) is 1.87. The Kier molecular flexibility index (Phi) is 6.10. The summed E-state index contributed by atoms with van der Waals surface area (Å²) >= 11 is 0. The van der Waals surface area contributed by atoms with Crippen LogP contribution in [0.15, 0.2) is 53.1 Å². The summed E-state index contributed by atoms with van der Waals surface area (Å²) in [5.41, 5.74) is 7.05. The molecule has 3 aromatic rings. The number of allylic oxidation sites excluding steroid dienone is 2. The number of nitrogens with one attached hydrogen (secondary N) is 1. The van der Waals surface area contributed by atoms with Gasteiger partial charge in [0.15, 0.2) is 0 Å². The third-order valence-corrected chi connectivity index (χ3v) is 4.43. The van der Waals surface area contributed by atoms with Gasteiger partial charge in [-0.05, 0) is 43.7 Å². The maximum Gasteiger partial charge on any atom is 0.295 e. The van der Waals surface area contributed by atoms with E-state index in [-0.39, 0.29) is 35.7 Å². The molecule has 2 heterocycles. The molecule has 0 saturated heterocycles. The highest BCUT2D eigenvalue weighted by Gasteiger charge is 2.17. The van der Waals surface area contributed by atoms with Crippen LogP contribution in [0.1, 0.15) is 30.8 Å². The smallest absolute Gasteiger partial charge is 0.295 e. The summed E-state index contributed by atoms with van der Waals surface area (Å²) in [6.07, 6.45) is 5.01. The second-order valence-electron chi connectivity index (χ2n) is 7.05. The minimum atomic E-state index is -0.531. The summed E-state index contributed by atoms with van der Waals surface area (Å²) in [4.78, 5) is 40.4. The lowest BCUT2D eigenvalue weighted by molar-refractivity contribution is -0.117. The Hall–Kier alpha value is -3.75. The number of hydrogen-bond acceptors (Lipinski definition) is 4. The van der Waals surface area contributed by atoms with Crippen molar-refractivity contribution >= 4 is 17.5 Å². The molecule has 0 fully saturated rings. The van der Waals surface area contributed by atoms with Gasteiger partial charge >= 0.3 is 0 Å². The average molecular weight is 411 g/mol. The van der Waals surface area contributed by atoms with Crippen molar-refractivity contribution in [1.29, 1.82) is 0 Å². The summed E-state index contributed by atoms with van der Waals surface area (Å²) in [6.45, 7) is 4.22.